The topological polar surface area (TPSA) is 9.23 Å². The number of allylic oxidation sites excluding steroid dienone is 1. The summed E-state index contributed by atoms with van der Waals surface area (Å²) in [4.78, 5) is 0. The summed E-state index contributed by atoms with van der Waals surface area (Å²) in [7, 11) is 1.67. The van der Waals surface area contributed by atoms with Crippen LogP contribution in [0.15, 0.2) is 61.2 Å². The van der Waals surface area contributed by atoms with Gasteiger partial charge >= 0.3 is 0 Å². The van der Waals surface area contributed by atoms with Gasteiger partial charge in [0.15, 0.2) is 0 Å². The Morgan fingerprint density at radius 3 is 1.89 bits per heavy atom. The normalized spacial score (nSPS) is 13.6. The number of methoxy groups -OCH3 is 1. The zero-order chi connectivity index (χ0) is 13.9. The van der Waals surface area contributed by atoms with Crippen molar-refractivity contribution in [1.29, 1.82) is 0 Å². The van der Waals surface area contributed by atoms with Gasteiger partial charge in [0.05, 0.1) is 7.11 Å². The Morgan fingerprint density at radius 1 is 1.00 bits per heavy atom. The van der Waals surface area contributed by atoms with Gasteiger partial charge in [-0.3, -0.25) is 0 Å². The fourth-order valence-electron chi connectivity index (χ4n) is 2.14. The maximum absolute atomic E-state index is 5.95. The van der Waals surface area contributed by atoms with Crippen LogP contribution in [0.2, 0.25) is 5.02 Å². The van der Waals surface area contributed by atoms with Crippen molar-refractivity contribution < 1.29 is 4.74 Å². The summed E-state index contributed by atoms with van der Waals surface area (Å²) in [5.74, 6) is 0.853. The second-order valence-electron chi connectivity index (χ2n) is 4.64. The molecule has 0 aliphatic heterocycles. The van der Waals surface area contributed by atoms with Gasteiger partial charge < -0.3 is 4.74 Å². The Labute approximate surface area is 119 Å². The van der Waals surface area contributed by atoms with Gasteiger partial charge in [-0.1, -0.05) is 41.9 Å². The maximum Gasteiger partial charge on any atom is 0.118 e. The van der Waals surface area contributed by atoms with E-state index in [9.17, 15) is 0 Å². The van der Waals surface area contributed by atoms with Gasteiger partial charge in [-0.15, -0.1) is 6.58 Å². The fraction of sp³-hybridized carbons (Fsp3) is 0.176. The first-order valence-electron chi connectivity index (χ1n) is 6.14. The van der Waals surface area contributed by atoms with Gasteiger partial charge in [0.1, 0.15) is 5.75 Å². The predicted molar refractivity (Wildman–Crippen MR) is 81.1 cm³/mol. The summed E-state index contributed by atoms with van der Waals surface area (Å²) < 4.78 is 5.19. The molecule has 98 valence electrons. The second kappa shape index (κ2) is 5.50. The lowest BCUT2D eigenvalue weighted by atomic mass is 9.76. The van der Waals surface area contributed by atoms with E-state index in [0.29, 0.717) is 0 Å². The molecule has 0 aliphatic carbocycles. The number of rotatable bonds is 4. The molecular weight excluding hydrogens is 256 g/mol. The number of hydrogen-bond acceptors (Lipinski definition) is 1. The molecule has 1 atom stereocenters. The summed E-state index contributed by atoms with van der Waals surface area (Å²) in [6.07, 6.45) is 1.96. The lowest BCUT2D eigenvalue weighted by molar-refractivity contribution is 0.414. The van der Waals surface area contributed by atoms with Gasteiger partial charge in [-0.2, -0.15) is 0 Å². The van der Waals surface area contributed by atoms with Crippen LogP contribution in [-0.2, 0) is 5.41 Å². The van der Waals surface area contributed by atoms with E-state index in [2.05, 4.69) is 25.6 Å². The molecule has 0 bridgehead atoms. The van der Waals surface area contributed by atoms with Gasteiger partial charge in [-0.05, 0) is 42.3 Å². The van der Waals surface area contributed by atoms with Crippen LogP contribution in [0, 0.1) is 0 Å². The van der Waals surface area contributed by atoms with Crippen molar-refractivity contribution in [3.63, 3.8) is 0 Å². The zero-order valence-corrected chi connectivity index (χ0v) is 11.9. The van der Waals surface area contributed by atoms with Crippen LogP contribution in [0.5, 0.6) is 5.75 Å². The van der Waals surface area contributed by atoms with Crippen molar-refractivity contribution in [2.75, 3.05) is 7.11 Å². The fourth-order valence-corrected chi connectivity index (χ4v) is 2.26. The Morgan fingerprint density at radius 2 is 1.47 bits per heavy atom. The SMILES string of the molecule is C=C[C@@](C)(c1ccc(Cl)cc1)c1ccc(OC)cc1. The highest BCUT2D eigenvalue weighted by molar-refractivity contribution is 6.30. The Balaban J connectivity index is 2.46. The van der Waals surface area contributed by atoms with Crippen molar-refractivity contribution in [2.45, 2.75) is 12.3 Å². The van der Waals surface area contributed by atoms with E-state index in [1.165, 1.54) is 5.56 Å². The molecule has 2 heteroatoms. The van der Waals surface area contributed by atoms with E-state index >= 15 is 0 Å². The van der Waals surface area contributed by atoms with Gasteiger partial charge in [0.25, 0.3) is 0 Å². The summed E-state index contributed by atoms with van der Waals surface area (Å²) in [5, 5.41) is 0.741. The molecule has 0 aliphatic rings. The van der Waals surface area contributed by atoms with Gasteiger partial charge in [-0.25, -0.2) is 0 Å². The molecule has 1 nitrogen and oxygen atoms in total. The van der Waals surface area contributed by atoms with Crippen LogP contribution in [0.25, 0.3) is 0 Å². The Hall–Kier alpha value is -1.73. The first kappa shape index (κ1) is 13.7. The Bertz CT molecular complexity index is 557. The van der Waals surface area contributed by atoms with Crippen molar-refractivity contribution in [3.8, 4) is 5.75 Å². The summed E-state index contributed by atoms with van der Waals surface area (Å²) in [6, 6.07) is 15.9. The molecule has 0 unspecified atom stereocenters. The molecule has 19 heavy (non-hydrogen) atoms. The molecule has 0 heterocycles. The average Bonchev–Trinajstić information content (AvgIpc) is 2.47. The molecule has 0 spiro atoms. The molecule has 0 N–H and O–H groups in total. The molecule has 0 amide bonds. The first-order valence-corrected chi connectivity index (χ1v) is 6.52. The van der Waals surface area contributed by atoms with E-state index in [1.807, 2.05) is 42.5 Å². The third-order valence-electron chi connectivity index (χ3n) is 3.54. The first-order chi connectivity index (χ1) is 9.10. The molecule has 2 rings (SSSR count). The minimum Gasteiger partial charge on any atom is -0.497 e. The van der Waals surface area contributed by atoms with Crippen LogP contribution >= 0.6 is 11.6 Å². The van der Waals surface area contributed by atoms with Crippen molar-refractivity contribution in [2.24, 2.45) is 0 Å². The van der Waals surface area contributed by atoms with Gasteiger partial charge in [0, 0.05) is 10.4 Å². The highest BCUT2D eigenvalue weighted by Gasteiger charge is 2.25. The highest BCUT2D eigenvalue weighted by atomic mass is 35.5. The van der Waals surface area contributed by atoms with E-state index in [4.69, 9.17) is 16.3 Å². The van der Waals surface area contributed by atoms with E-state index in [0.717, 1.165) is 16.3 Å². The molecule has 0 saturated heterocycles. The summed E-state index contributed by atoms with van der Waals surface area (Å²) in [6.45, 7) is 6.13. The van der Waals surface area contributed by atoms with E-state index in [-0.39, 0.29) is 5.41 Å². The third kappa shape index (κ3) is 2.66. The van der Waals surface area contributed by atoms with E-state index in [1.54, 1.807) is 7.11 Å². The van der Waals surface area contributed by atoms with E-state index < -0.39 is 0 Å². The van der Waals surface area contributed by atoms with Crippen LogP contribution < -0.4 is 4.74 Å². The van der Waals surface area contributed by atoms with Gasteiger partial charge in [0.2, 0.25) is 0 Å². The number of halogens is 1. The highest BCUT2D eigenvalue weighted by Crippen LogP contribution is 2.34. The lowest BCUT2D eigenvalue weighted by Crippen LogP contribution is -2.20. The molecule has 0 radical (unpaired) electrons. The number of ether oxygens (including phenoxy) is 1. The average molecular weight is 273 g/mol. The smallest absolute Gasteiger partial charge is 0.118 e. The van der Waals surface area contributed by atoms with Crippen molar-refractivity contribution in [1.82, 2.24) is 0 Å². The Kier molecular flexibility index (Phi) is 3.96. The van der Waals surface area contributed by atoms with Crippen molar-refractivity contribution >= 4 is 11.6 Å². The monoisotopic (exact) mass is 272 g/mol. The molecule has 0 saturated carbocycles. The maximum atomic E-state index is 5.95. The number of hydrogen-bond donors (Lipinski definition) is 0. The molecule has 2 aromatic carbocycles. The largest absolute Gasteiger partial charge is 0.497 e. The predicted octanol–water partition coefficient (Wildman–Crippen LogP) is 4.84. The van der Waals surface area contributed by atoms with Crippen molar-refractivity contribution in [3.05, 3.63) is 77.3 Å². The molecule has 2 aromatic rings. The zero-order valence-electron chi connectivity index (χ0n) is 11.2. The molecule has 0 fully saturated rings. The molecule has 0 aromatic heterocycles. The van der Waals surface area contributed by atoms with Crippen LogP contribution in [0.1, 0.15) is 18.1 Å². The minimum atomic E-state index is -0.239. The quantitative estimate of drug-likeness (QED) is 0.724. The minimum absolute atomic E-state index is 0.239. The summed E-state index contributed by atoms with van der Waals surface area (Å²) in [5.41, 5.74) is 2.10. The standard InChI is InChI=1S/C17H17ClO/c1-4-17(2,13-5-9-15(18)10-6-13)14-7-11-16(19-3)12-8-14/h4-12H,1H2,2-3H3/t17-/m0/s1. The van der Waals surface area contributed by atoms with Crippen LogP contribution in [0.3, 0.4) is 0 Å². The number of benzene rings is 2. The second-order valence-corrected chi connectivity index (χ2v) is 5.08. The van der Waals surface area contributed by atoms with Crippen LogP contribution in [0.4, 0.5) is 0 Å². The molecular formula is C17H17ClO. The summed E-state index contributed by atoms with van der Waals surface area (Å²) >= 11 is 5.95. The van der Waals surface area contributed by atoms with Crippen LogP contribution in [-0.4, -0.2) is 7.11 Å². The lowest BCUT2D eigenvalue weighted by Gasteiger charge is -2.27. The third-order valence-corrected chi connectivity index (χ3v) is 3.79.